The molecular formula is C40H36IrN2SSi-2. The van der Waals surface area contributed by atoms with Gasteiger partial charge < -0.3 is 9.97 Å². The van der Waals surface area contributed by atoms with Crippen LogP contribution < -0.4 is 5.19 Å². The first-order valence-corrected chi connectivity index (χ1v) is 18.2. The number of benzene rings is 4. The Kier molecular flexibility index (Phi) is 5.81. The van der Waals surface area contributed by atoms with Gasteiger partial charge in [0.05, 0.1) is 14.9 Å². The van der Waals surface area contributed by atoms with Crippen molar-refractivity contribution in [3.8, 4) is 33.6 Å². The normalized spacial score (nSPS) is 16.5. The van der Waals surface area contributed by atoms with Gasteiger partial charge in [0.25, 0.3) is 0 Å². The van der Waals surface area contributed by atoms with Crippen LogP contribution in [0.2, 0.25) is 19.6 Å². The molecule has 1 radical (unpaired) electrons. The average Bonchev–Trinajstić information content (AvgIpc) is 3.54. The summed E-state index contributed by atoms with van der Waals surface area (Å²) in [6.45, 7) is -1.22. The van der Waals surface area contributed by atoms with Crippen molar-refractivity contribution in [1.82, 2.24) is 9.97 Å². The summed E-state index contributed by atoms with van der Waals surface area (Å²) in [4.78, 5) is 8.76. The summed E-state index contributed by atoms with van der Waals surface area (Å²) >= 11 is 1.06. The van der Waals surface area contributed by atoms with Crippen LogP contribution in [0, 0.1) is 32.7 Å². The minimum atomic E-state index is -2.75. The van der Waals surface area contributed by atoms with E-state index in [2.05, 4.69) is 53.9 Å². The Morgan fingerprint density at radius 1 is 0.756 bits per heavy atom. The summed E-state index contributed by atoms with van der Waals surface area (Å²) in [5.74, 6) is 0. The SMILES string of the molecule is C[Si](C)(C)c1ccc(-c2[c-]cccc2)nc1.[2H]c1c([2H])c([2H])c(-c2ccc3c(sc4c(-c5cc(C([2H])([2H])[2H])c(C([2H])([2H])[2H])cn5)[c-]ccc43)c2C([2H])([2H])[2H])c([2H])c1[2H].[Ir]. The van der Waals surface area contributed by atoms with Gasteiger partial charge in [-0.1, -0.05) is 91.1 Å². The molecule has 5 heteroatoms. The van der Waals surface area contributed by atoms with Gasteiger partial charge in [0, 0.05) is 49.5 Å². The molecule has 0 atom stereocenters. The minimum absolute atomic E-state index is 0. The molecule has 0 spiro atoms. The molecule has 0 N–H and O–H groups in total. The van der Waals surface area contributed by atoms with Crippen molar-refractivity contribution in [2.24, 2.45) is 0 Å². The first-order chi connectivity index (χ1) is 26.9. The summed E-state index contributed by atoms with van der Waals surface area (Å²) in [5.41, 5.74) is 1.29. The smallest absolute Gasteiger partial charge is 0.0795 e. The number of thiophene rings is 1. The monoisotopic (exact) mass is 811 g/mol. The van der Waals surface area contributed by atoms with E-state index in [4.69, 9.17) is 19.2 Å². The second-order valence-electron chi connectivity index (χ2n) is 11.1. The molecule has 0 saturated carbocycles. The molecular weight excluding hydrogens is 761 g/mol. The summed E-state index contributed by atoms with van der Waals surface area (Å²) in [6.07, 6.45) is 3.02. The van der Waals surface area contributed by atoms with E-state index >= 15 is 0 Å². The molecule has 7 rings (SSSR count). The van der Waals surface area contributed by atoms with E-state index in [9.17, 15) is 0 Å². The van der Waals surface area contributed by atoms with Gasteiger partial charge in [-0.15, -0.1) is 59.7 Å². The number of rotatable bonds is 4. The van der Waals surface area contributed by atoms with Crippen molar-refractivity contribution in [1.29, 1.82) is 0 Å². The second kappa shape index (κ2) is 13.7. The fourth-order valence-electron chi connectivity index (χ4n) is 4.73. The second-order valence-corrected chi connectivity index (χ2v) is 17.2. The summed E-state index contributed by atoms with van der Waals surface area (Å²) in [7, 11) is -1.23. The average molecular weight is 811 g/mol. The first-order valence-electron chi connectivity index (χ1n) is 20.8. The van der Waals surface area contributed by atoms with Gasteiger partial charge in [0.15, 0.2) is 0 Å². The van der Waals surface area contributed by atoms with Crippen molar-refractivity contribution in [3.63, 3.8) is 0 Å². The van der Waals surface area contributed by atoms with E-state index in [1.165, 1.54) is 17.3 Å². The Morgan fingerprint density at radius 2 is 1.56 bits per heavy atom. The fourth-order valence-corrected chi connectivity index (χ4v) is 7.02. The van der Waals surface area contributed by atoms with E-state index in [1.807, 2.05) is 30.5 Å². The van der Waals surface area contributed by atoms with Crippen LogP contribution in [0.3, 0.4) is 0 Å². The third-order valence-corrected chi connectivity index (χ3v) is 10.4. The van der Waals surface area contributed by atoms with Crippen LogP contribution in [0.25, 0.3) is 53.8 Å². The first kappa shape index (κ1) is 19.0. The third-order valence-electron chi connectivity index (χ3n) is 7.15. The van der Waals surface area contributed by atoms with Crippen molar-refractivity contribution < 1.29 is 39.3 Å². The zero-order chi connectivity index (χ0) is 42.7. The predicted molar refractivity (Wildman–Crippen MR) is 193 cm³/mol. The fraction of sp³-hybridized carbons (Fsp3) is 0.150. The van der Waals surface area contributed by atoms with Crippen molar-refractivity contribution in [2.75, 3.05) is 0 Å². The summed E-state index contributed by atoms with van der Waals surface area (Å²) < 4.78 is 114. The van der Waals surface area contributed by atoms with E-state index in [-0.39, 0.29) is 52.8 Å². The standard InChI is InChI=1S/C26H20NS.C14H16NSi.Ir/c1-16-14-24(27-15-17(16)2)23-11-7-10-21-22-13-12-20(19-8-5-4-6-9-19)18(3)25(22)28-26(21)23;1-16(2,3)13-9-10-14(15-11-13)12-7-5-4-6-8-12;/h4-10,12-15H,1-3H3;4-7,9-11H,1-3H3;/q2*-1;/i1D3,2D3,3D3,4D,5D,6D,8D,9D;;. The Hall–Kier alpha value is -3.73. The van der Waals surface area contributed by atoms with Crippen LogP contribution in [-0.2, 0) is 20.1 Å². The molecule has 0 aliphatic heterocycles. The molecule has 4 aromatic carbocycles. The molecule has 0 aliphatic carbocycles. The van der Waals surface area contributed by atoms with Gasteiger partial charge in [-0.2, -0.15) is 11.3 Å². The van der Waals surface area contributed by atoms with Crippen LogP contribution in [0.4, 0.5) is 0 Å². The minimum Gasteiger partial charge on any atom is -0.305 e. The number of aryl methyl sites for hydroxylation is 3. The Balaban J connectivity index is 0.000000326. The molecule has 45 heavy (non-hydrogen) atoms. The van der Waals surface area contributed by atoms with Crippen LogP contribution in [0.5, 0.6) is 0 Å². The molecule has 0 unspecified atom stereocenters. The molecule has 0 amide bonds. The van der Waals surface area contributed by atoms with Gasteiger partial charge in [-0.05, 0) is 69.5 Å². The number of aromatic nitrogens is 2. The quantitative estimate of drug-likeness (QED) is 0.131. The third kappa shape index (κ3) is 6.93. The van der Waals surface area contributed by atoms with Crippen molar-refractivity contribution >= 4 is 44.8 Å². The zero-order valence-electron chi connectivity index (χ0n) is 38.6. The molecule has 7 aromatic rings. The van der Waals surface area contributed by atoms with Gasteiger partial charge in [0.1, 0.15) is 0 Å². The van der Waals surface area contributed by atoms with Gasteiger partial charge >= 0.3 is 0 Å². The van der Waals surface area contributed by atoms with Crippen molar-refractivity contribution in [3.05, 3.63) is 138 Å². The molecule has 0 saturated heterocycles. The zero-order valence-corrected chi connectivity index (χ0v) is 28.9. The molecule has 0 aliphatic rings. The van der Waals surface area contributed by atoms with Crippen molar-refractivity contribution in [2.45, 2.75) is 40.2 Å². The summed E-state index contributed by atoms with van der Waals surface area (Å²) in [5, 5.41) is 2.51. The largest absolute Gasteiger partial charge is 0.305 e. The van der Waals surface area contributed by atoms with Gasteiger partial charge in [0.2, 0.25) is 0 Å². The van der Waals surface area contributed by atoms with Crippen LogP contribution in [0.1, 0.15) is 35.9 Å². The Bertz CT molecular complexity index is 2640. The van der Waals surface area contributed by atoms with Crippen LogP contribution in [-0.4, -0.2) is 18.0 Å². The maximum absolute atomic E-state index is 8.42. The van der Waals surface area contributed by atoms with E-state index in [0.29, 0.717) is 21.0 Å². The van der Waals surface area contributed by atoms with E-state index < -0.39 is 64.4 Å². The van der Waals surface area contributed by atoms with Gasteiger partial charge in [-0.3, -0.25) is 0 Å². The number of pyridine rings is 2. The topological polar surface area (TPSA) is 25.8 Å². The molecule has 2 nitrogen and oxygen atoms in total. The number of hydrogen-bond donors (Lipinski definition) is 0. The Morgan fingerprint density at radius 3 is 2.24 bits per heavy atom. The maximum Gasteiger partial charge on any atom is 0.0795 e. The number of nitrogens with zero attached hydrogens (tertiary/aromatic N) is 2. The maximum atomic E-state index is 8.42. The van der Waals surface area contributed by atoms with E-state index in [0.717, 1.165) is 28.8 Å². The Labute approximate surface area is 305 Å². The number of fused-ring (bicyclic) bond motifs is 3. The van der Waals surface area contributed by atoms with E-state index in [1.54, 1.807) is 18.2 Å². The molecule has 227 valence electrons. The van der Waals surface area contributed by atoms with Gasteiger partial charge in [-0.25, -0.2) is 0 Å². The molecule has 0 bridgehead atoms. The summed E-state index contributed by atoms with van der Waals surface area (Å²) in [6, 6.07) is 23.1. The molecule has 0 fully saturated rings. The van der Waals surface area contributed by atoms with Crippen LogP contribution in [0.15, 0.2) is 109 Å². The predicted octanol–water partition coefficient (Wildman–Crippen LogP) is 10.6. The van der Waals surface area contributed by atoms with Crippen LogP contribution >= 0.6 is 11.3 Å². The molecule has 3 heterocycles. The molecule has 3 aromatic heterocycles. The number of hydrogen-bond acceptors (Lipinski definition) is 3.